The van der Waals surface area contributed by atoms with Crippen LogP contribution in [0.25, 0.3) is 10.3 Å². The van der Waals surface area contributed by atoms with E-state index in [-0.39, 0.29) is 24.1 Å². The zero-order valence-electron chi connectivity index (χ0n) is 18.9. The highest BCUT2D eigenvalue weighted by Gasteiger charge is 2.33. The van der Waals surface area contributed by atoms with E-state index in [0.29, 0.717) is 58.3 Å². The lowest BCUT2D eigenvalue weighted by atomic mass is 9.98. The van der Waals surface area contributed by atoms with E-state index in [0.717, 1.165) is 16.9 Å². The summed E-state index contributed by atoms with van der Waals surface area (Å²) >= 11 is 1.22. The molecule has 1 aromatic carbocycles. The first-order valence-electron chi connectivity index (χ1n) is 10.9. The number of carbonyl (C=O) groups is 1. The molecule has 34 heavy (non-hydrogen) atoms. The lowest BCUT2D eigenvalue weighted by molar-refractivity contribution is 0.0920. The minimum Gasteiger partial charge on any atom is -0.491 e. The van der Waals surface area contributed by atoms with Gasteiger partial charge in [0.2, 0.25) is 0 Å². The summed E-state index contributed by atoms with van der Waals surface area (Å²) in [5.41, 5.74) is 16.2. The molecule has 2 aliphatic heterocycles. The number of methoxy groups -OCH3 is 1. The van der Waals surface area contributed by atoms with Crippen LogP contribution in [0.15, 0.2) is 18.3 Å². The molecule has 0 spiro atoms. The van der Waals surface area contributed by atoms with Crippen LogP contribution in [0.3, 0.4) is 0 Å². The van der Waals surface area contributed by atoms with Gasteiger partial charge in [-0.05, 0) is 25.0 Å². The summed E-state index contributed by atoms with van der Waals surface area (Å²) in [5.74, 6) is 0.421. The van der Waals surface area contributed by atoms with Crippen LogP contribution in [0.1, 0.15) is 26.5 Å². The van der Waals surface area contributed by atoms with E-state index in [4.69, 9.17) is 20.9 Å². The number of fused-ring (bicyclic) bond motifs is 2. The van der Waals surface area contributed by atoms with Crippen LogP contribution < -0.4 is 26.4 Å². The predicted octanol–water partition coefficient (Wildman–Crippen LogP) is 1.35. The first-order chi connectivity index (χ1) is 16.4. The zero-order valence-corrected chi connectivity index (χ0v) is 19.7. The highest BCUT2D eigenvalue weighted by molar-refractivity contribution is 7.21. The van der Waals surface area contributed by atoms with E-state index >= 15 is 0 Å². The first kappa shape index (κ1) is 22.3. The van der Waals surface area contributed by atoms with Crippen LogP contribution in [-0.2, 0) is 11.2 Å². The zero-order chi connectivity index (χ0) is 24.0. The second-order valence-corrected chi connectivity index (χ2v) is 9.63. The Hall–Kier alpha value is -3.46. The van der Waals surface area contributed by atoms with Gasteiger partial charge in [-0.15, -0.1) is 11.3 Å². The van der Waals surface area contributed by atoms with Gasteiger partial charge in [-0.25, -0.2) is 9.97 Å². The summed E-state index contributed by atoms with van der Waals surface area (Å²) in [4.78, 5) is 24.8. The van der Waals surface area contributed by atoms with Gasteiger partial charge in [0.15, 0.2) is 0 Å². The Bertz CT molecular complexity index is 1320. The quantitative estimate of drug-likeness (QED) is 0.503. The number of nitrogens with zero attached hydrogens (tertiary/aromatic N) is 4. The molecular formula is C23H25N7O3S. The van der Waals surface area contributed by atoms with Gasteiger partial charge in [0.1, 0.15) is 33.6 Å². The Morgan fingerprint density at radius 2 is 2.24 bits per heavy atom. The highest BCUT2D eigenvalue weighted by atomic mass is 32.1. The Kier molecular flexibility index (Phi) is 5.73. The summed E-state index contributed by atoms with van der Waals surface area (Å²) in [6.45, 7) is 3.37. The number of rotatable bonds is 4. The average molecular weight is 480 g/mol. The molecule has 1 fully saturated rings. The van der Waals surface area contributed by atoms with Gasteiger partial charge in [-0.3, -0.25) is 4.79 Å². The summed E-state index contributed by atoms with van der Waals surface area (Å²) in [6.07, 6.45) is 2.08. The van der Waals surface area contributed by atoms with Crippen LogP contribution in [0.4, 0.5) is 11.4 Å². The van der Waals surface area contributed by atoms with Gasteiger partial charge >= 0.3 is 0 Å². The number of hydrogen-bond donors (Lipinski definition) is 3. The fraction of sp³-hybridized carbons (Fsp3) is 0.391. The molecule has 5 N–H and O–H groups in total. The minimum absolute atomic E-state index is 0.0845. The Morgan fingerprint density at radius 1 is 1.41 bits per heavy atom. The molecule has 10 nitrogen and oxygen atoms in total. The van der Waals surface area contributed by atoms with Crippen molar-refractivity contribution in [2.45, 2.75) is 31.5 Å². The third kappa shape index (κ3) is 3.90. The monoisotopic (exact) mass is 479 g/mol. The second-order valence-electron chi connectivity index (χ2n) is 8.63. The third-order valence-corrected chi connectivity index (χ3v) is 7.35. The molecule has 0 saturated carbocycles. The van der Waals surface area contributed by atoms with Crippen LogP contribution in [0.2, 0.25) is 0 Å². The van der Waals surface area contributed by atoms with Crippen molar-refractivity contribution in [1.29, 1.82) is 5.26 Å². The lowest BCUT2D eigenvalue weighted by Gasteiger charge is -2.28. The summed E-state index contributed by atoms with van der Waals surface area (Å²) < 4.78 is 11.4. The molecule has 1 amide bonds. The number of anilines is 2. The van der Waals surface area contributed by atoms with E-state index in [1.54, 1.807) is 13.3 Å². The number of nitrogen functional groups attached to an aromatic ring is 1. The fourth-order valence-corrected chi connectivity index (χ4v) is 5.50. The normalized spacial score (nSPS) is 21.7. The van der Waals surface area contributed by atoms with E-state index in [9.17, 15) is 10.1 Å². The number of nitrogens with one attached hydrogen (secondary N) is 1. The van der Waals surface area contributed by atoms with Crippen molar-refractivity contribution in [2.75, 3.05) is 37.4 Å². The van der Waals surface area contributed by atoms with Gasteiger partial charge in [0.25, 0.3) is 5.91 Å². The smallest absolute Gasteiger partial charge is 0.263 e. The molecule has 2 aliphatic rings. The van der Waals surface area contributed by atoms with Crippen molar-refractivity contribution in [2.24, 2.45) is 5.73 Å². The van der Waals surface area contributed by atoms with E-state index in [1.807, 2.05) is 19.1 Å². The van der Waals surface area contributed by atoms with Crippen LogP contribution >= 0.6 is 11.3 Å². The van der Waals surface area contributed by atoms with Crippen LogP contribution in [0.5, 0.6) is 5.75 Å². The topological polar surface area (TPSA) is 152 Å². The van der Waals surface area contributed by atoms with E-state index in [1.165, 1.54) is 11.3 Å². The van der Waals surface area contributed by atoms with Gasteiger partial charge in [-0.1, -0.05) is 0 Å². The SMILES string of the molecule is CO[C@H]1CN(c2cc3c(cc2C#N)C[C@@H](NC(=O)c2sc4nc(C)cnc4c2N)CO3)C[C@@H]1N. The number of carbonyl (C=O) groups excluding carboxylic acids is 1. The number of benzene rings is 1. The second kappa shape index (κ2) is 8.72. The average Bonchev–Trinajstić information content (AvgIpc) is 3.37. The first-order valence-corrected chi connectivity index (χ1v) is 11.7. The van der Waals surface area contributed by atoms with Crippen molar-refractivity contribution in [3.63, 3.8) is 0 Å². The summed E-state index contributed by atoms with van der Waals surface area (Å²) in [6, 6.07) is 5.62. The number of aromatic nitrogens is 2. The van der Waals surface area contributed by atoms with Gasteiger partial charge < -0.3 is 31.2 Å². The van der Waals surface area contributed by atoms with Crippen molar-refractivity contribution < 1.29 is 14.3 Å². The molecule has 0 bridgehead atoms. The number of amides is 1. The van der Waals surface area contributed by atoms with Gasteiger partial charge in [0.05, 0.1) is 40.8 Å². The standard InChI is InChI=1S/C23H25N7O3S/c1-11-7-27-20-19(26)21(34-23(20)28-11)22(31)29-14-4-12-3-13(6-24)16(5-17(12)33-10-14)30-8-15(25)18(9-30)32-2/h3,5,7,14-15,18H,4,8-10,25-26H2,1-2H3,(H,29,31)/t14-,15+,18+/m1/s1. The lowest BCUT2D eigenvalue weighted by Crippen LogP contribution is -2.42. The molecule has 0 aliphatic carbocycles. The molecule has 5 rings (SSSR count). The summed E-state index contributed by atoms with van der Waals surface area (Å²) in [7, 11) is 1.64. The molecular weight excluding hydrogens is 454 g/mol. The molecule has 2 aromatic heterocycles. The molecule has 3 aromatic rings. The number of nitrogens with two attached hydrogens (primary N) is 2. The predicted molar refractivity (Wildman–Crippen MR) is 129 cm³/mol. The molecule has 176 valence electrons. The Labute approximate surface area is 200 Å². The number of thiophene rings is 1. The van der Waals surface area contributed by atoms with Crippen molar-refractivity contribution in [3.8, 4) is 11.8 Å². The maximum Gasteiger partial charge on any atom is 0.263 e. The number of aryl methyl sites for hydroxylation is 1. The van der Waals surface area contributed by atoms with Gasteiger partial charge in [0, 0.05) is 32.5 Å². The molecule has 1 saturated heterocycles. The Morgan fingerprint density at radius 3 is 2.97 bits per heavy atom. The molecule has 11 heteroatoms. The maximum absolute atomic E-state index is 13.0. The third-order valence-electron chi connectivity index (χ3n) is 6.26. The minimum atomic E-state index is -0.286. The van der Waals surface area contributed by atoms with Crippen LogP contribution in [-0.4, -0.2) is 60.9 Å². The molecule has 0 unspecified atom stereocenters. The van der Waals surface area contributed by atoms with Crippen molar-refractivity contribution in [1.82, 2.24) is 15.3 Å². The summed E-state index contributed by atoms with van der Waals surface area (Å²) in [5, 5.41) is 12.8. The maximum atomic E-state index is 13.0. The fourth-order valence-electron chi connectivity index (χ4n) is 4.50. The largest absolute Gasteiger partial charge is 0.491 e. The van der Waals surface area contributed by atoms with Crippen molar-refractivity contribution in [3.05, 3.63) is 40.0 Å². The number of hydrogen-bond acceptors (Lipinski definition) is 10. The van der Waals surface area contributed by atoms with E-state index in [2.05, 4.69) is 26.3 Å². The van der Waals surface area contributed by atoms with E-state index < -0.39 is 0 Å². The number of ether oxygens (including phenoxy) is 2. The van der Waals surface area contributed by atoms with Crippen molar-refractivity contribution >= 4 is 39.0 Å². The molecule has 3 atom stereocenters. The highest BCUT2D eigenvalue weighted by Crippen LogP contribution is 2.35. The van der Waals surface area contributed by atoms with Gasteiger partial charge in [-0.2, -0.15) is 5.26 Å². The molecule has 0 radical (unpaired) electrons. The Balaban J connectivity index is 1.34. The molecule has 4 heterocycles. The number of nitriles is 1. The van der Waals surface area contributed by atoms with Crippen LogP contribution in [0, 0.1) is 18.3 Å².